The first-order valence-corrected chi connectivity index (χ1v) is 7.56. The van der Waals surface area contributed by atoms with E-state index in [1.807, 2.05) is 0 Å². The minimum Gasteiger partial charge on any atom is -0.314 e. The molecule has 0 bridgehead atoms. The molecule has 0 aromatic heterocycles. The van der Waals surface area contributed by atoms with Gasteiger partial charge in [0.05, 0.1) is 0 Å². The lowest BCUT2D eigenvalue weighted by atomic mass is 10.2. The number of nitrogens with one attached hydrogen (secondary N) is 1. The molecule has 1 saturated heterocycles. The van der Waals surface area contributed by atoms with Gasteiger partial charge < -0.3 is 15.1 Å². The number of nitrogens with zero attached hydrogens (tertiary/aromatic N) is 2. The molecule has 2 rings (SSSR count). The molecule has 2 fully saturated rings. The molecule has 3 heteroatoms. The summed E-state index contributed by atoms with van der Waals surface area (Å²) in [5.74, 6) is 0. The van der Waals surface area contributed by atoms with Gasteiger partial charge >= 0.3 is 0 Å². The van der Waals surface area contributed by atoms with Crippen LogP contribution in [0.5, 0.6) is 0 Å². The van der Waals surface area contributed by atoms with E-state index in [4.69, 9.17) is 0 Å². The van der Waals surface area contributed by atoms with Crippen LogP contribution in [-0.2, 0) is 0 Å². The Hall–Kier alpha value is -0.120. The zero-order valence-electron chi connectivity index (χ0n) is 11.5. The summed E-state index contributed by atoms with van der Waals surface area (Å²) >= 11 is 0. The smallest absolute Gasteiger partial charge is 0.0110 e. The average molecular weight is 239 g/mol. The zero-order chi connectivity index (χ0) is 11.9. The largest absolute Gasteiger partial charge is 0.314 e. The first-order chi connectivity index (χ1) is 8.38. The topological polar surface area (TPSA) is 18.5 Å². The molecule has 2 aliphatic rings. The molecule has 3 nitrogen and oxygen atoms in total. The molecule has 0 atom stereocenters. The molecule has 17 heavy (non-hydrogen) atoms. The molecule has 1 aliphatic carbocycles. The molecule has 0 radical (unpaired) electrons. The summed E-state index contributed by atoms with van der Waals surface area (Å²) in [4.78, 5) is 5.18. The van der Waals surface area contributed by atoms with Gasteiger partial charge in [0, 0.05) is 32.2 Å². The van der Waals surface area contributed by atoms with Crippen molar-refractivity contribution in [3.63, 3.8) is 0 Å². The van der Waals surface area contributed by atoms with Crippen LogP contribution in [0.2, 0.25) is 0 Å². The highest BCUT2D eigenvalue weighted by Crippen LogP contribution is 2.17. The lowest BCUT2D eigenvalue weighted by Crippen LogP contribution is -2.46. The third-order valence-corrected chi connectivity index (χ3v) is 4.35. The predicted octanol–water partition coefficient (Wildman–Crippen LogP) is 1.55. The van der Waals surface area contributed by atoms with Gasteiger partial charge in [-0.25, -0.2) is 0 Å². The van der Waals surface area contributed by atoms with Crippen LogP contribution in [0.3, 0.4) is 0 Å². The Morgan fingerprint density at radius 1 is 1.00 bits per heavy atom. The number of hydrogen-bond donors (Lipinski definition) is 1. The number of likely N-dealkylation sites (N-methyl/N-ethyl adjacent to an activating group) is 1. The van der Waals surface area contributed by atoms with Gasteiger partial charge in [-0.3, -0.25) is 0 Å². The zero-order valence-corrected chi connectivity index (χ0v) is 11.5. The Bertz CT molecular complexity index is 194. The summed E-state index contributed by atoms with van der Waals surface area (Å²) in [6.07, 6.45) is 7.03. The van der Waals surface area contributed by atoms with E-state index >= 15 is 0 Å². The van der Waals surface area contributed by atoms with Crippen molar-refractivity contribution >= 4 is 0 Å². The molecule has 1 N–H and O–H groups in total. The first kappa shape index (κ1) is 13.3. The maximum absolute atomic E-state index is 3.70. The van der Waals surface area contributed by atoms with Crippen molar-refractivity contribution in [2.75, 3.05) is 45.8 Å². The Kier molecular flexibility index (Phi) is 5.75. The van der Waals surface area contributed by atoms with E-state index in [-0.39, 0.29) is 0 Å². The molecule has 0 unspecified atom stereocenters. The summed E-state index contributed by atoms with van der Waals surface area (Å²) in [5, 5.41) is 3.70. The van der Waals surface area contributed by atoms with Crippen LogP contribution < -0.4 is 5.32 Å². The van der Waals surface area contributed by atoms with E-state index in [1.165, 1.54) is 77.9 Å². The summed E-state index contributed by atoms with van der Waals surface area (Å²) in [5.41, 5.74) is 0. The number of hydrogen-bond acceptors (Lipinski definition) is 3. The lowest BCUT2D eigenvalue weighted by Gasteiger charge is -2.34. The van der Waals surface area contributed by atoms with Crippen molar-refractivity contribution < 1.29 is 0 Å². The summed E-state index contributed by atoms with van der Waals surface area (Å²) in [7, 11) is 0. The second-order valence-corrected chi connectivity index (χ2v) is 5.56. The van der Waals surface area contributed by atoms with E-state index in [0.717, 1.165) is 6.04 Å². The average Bonchev–Trinajstić information content (AvgIpc) is 2.88. The van der Waals surface area contributed by atoms with Gasteiger partial charge in [-0.05, 0) is 38.9 Å². The van der Waals surface area contributed by atoms with Crippen molar-refractivity contribution in [2.24, 2.45) is 0 Å². The Labute approximate surface area is 107 Å². The van der Waals surface area contributed by atoms with Gasteiger partial charge in [0.25, 0.3) is 0 Å². The van der Waals surface area contributed by atoms with Gasteiger partial charge in [-0.2, -0.15) is 0 Å². The quantitative estimate of drug-likeness (QED) is 0.710. The van der Waals surface area contributed by atoms with Crippen LogP contribution in [-0.4, -0.2) is 61.7 Å². The summed E-state index contributed by atoms with van der Waals surface area (Å²) in [6, 6.07) is 0.840. The van der Waals surface area contributed by atoms with Crippen molar-refractivity contribution in [3.05, 3.63) is 0 Å². The maximum atomic E-state index is 3.70. The molecule has 1 saturated carbocycles. The van der Waals surface area contributed by atoms with Gasteiger partial charge in [0.1, 0.15) is 0 Å². The van der Waals surface area contributed by atoms with Gasteiger partial charge in [0.15, 0.2) is 0 Å². The molecule has 0 aromatic rings. The molecular weight excluding hydrogens is 210 g/mol. The molecule has 0 aromatic carbocycles. The molecule has 1 aliphatic heterocycles. The standard InChI is InChI=1S/C14H29N3/c1-2-16-10-12-17(13-11-16)9-5-8-15-14-6-3-4-7-14/h14-15H,2-13H2,1H3. The van der Waals surface area contributed by atoms with Crippen LogP contribution in [0, 0.1) is 0 Å². The van der Waals surface area contributed by atoms with E-state index in [9.17, 15) is 0 Å². The number of piperazine rings is 1. The second kappa shape index (κ2) is 7.34. The third-order valence-electron chi connectivity index (χ3n) is 4.35. The first-order valence-electron chi connectivity index (χ1n) is 7.56. The normalized spacial score (nSPS) is 24.5. The van der Waals surface area contributed by atoms with Gasteiger partial charge in [0.2, 0.25) is 0 Å². The summed E-state index contributed by atoms with van der Waals surface area (Å²) < 4.78 is 0. The van der Waals surface area contributed by atoms with E-state index in [0.29, 0.717) is 0 Å². The molecule has 0 amide bonds. The second-order valence-electron chi connectivity index (χ2n) is 5.56. The fourth-order valence-corrected chi connectivity index (χ4v) is 3.07. The maximum Gasteiger partial charge on any atom is 0.0110 e. The molecule has 1 heterocycles. The fraction of sp³-hybridized carbons (Fsp3) is 1.00. The van der Waals surface area contributed by atoms with Crippen LogP contribution in [0.25, 0.3) is 0 Å². The van der Waals surface area contributed by atoms with Crippen molar-refractivity contribution in [2.45, 2.75) is 45.1 Å². The van der Waals surface area contributed by atoms with Crippen LogP contribution >= 0.6 is 0 Å². The van der Waals surface area contributed by atoms with E-state index in [1.54, 1.807) is 0 Å². The van der Waals surface area contributed by atoms with E-state index < -0.39 is 0 Å². The summed E-state index contributed by atoms with van der Waals surface area (Å²) in [6.45, 7) is 11.1. The lowest BCUT2D eigenvalue weighted by molar-refractivity contribution is 0.136. The van der Waals surface area contributed by atoms with Crippen LogP contribution in [0.1, 0.15) is 39.0 Å². The van der Waals surface area contributed by atoms with Crippen LogP contribution in [0.4, 0.5) is 0 Å². The van der Waals surface area contributed by atoms with Crippen molar-refractivity contribution in [3.8, 4) is 0 Å². The van der Waals surface area contributed by atoms with Gasteiger partial charge in [-0.1, -0.05) is 19.8 Å². The Morgan fingerprint density at radius 3 is 2.29 bits per heavy atom. The minimum absolute atomic E-state index is 0.840. The highest BCUT2D eigenvalue weighted by molar-refractivity contribution is 4.74. The SMILES string of the molecule is CCN1CCN(CCCNC2CCCC2)CC1. The minimum atomic E-state index is 0.840. The fourth-order valence-electron chi connectivity index (χ4n) is 3.07. The van der Waals surface area contributed by atoms with Crippen molar-refractivity contribution in [1.82, 2.24) is 15.1 Å². The van der Waals surface area contributed by atoms with Crippen molar-refractivity contribution in [1.29, 1.82) is 0 Å². The molecular formula is C14H29N3. The Balaban J connectivity index is 1.48. The van der Waals surface area contributed by atoms with E-state index in [2.05, 4.69) is 22.0 Å². The highest BCUT2D eigenvalue weighted by Gasteiger charge is 2.16. The third kappa shape index (κ3) is 4.57. The van der Waals surface area contributed by atoms with Crippen LogP contribution in [0.15, 0.2) is 0 Å². The highest BCUT2D eigenvalue weighted by atomic mass is 15.3. The predicted molar refractivity (Wildman–Crippen MR) is 73.4 cm³/mol. The molecule has 100 valence electrons. The molecule has 0 spiro atoms. The monoisotopic (exact) mass is 239 g/mol. The number of rotatable bonds is 6. The van der Waals surface area contributed by atoms with Gasteiger partial charge in [-0.15, -0.1) is 0 Å². The Morgan fingerprint density at radius 2 is 1.65 bits per heavy atom.